The number of nitrogens with two attached hydrogens (primary N) is 1. The number of nitrogens with one attached hydrogen (secondary N) is 2. The number of alkyl halides is 2. The Bertz CT molecular complexity index is 565. The van der Waals surface area contributed by atoms with Crippen molar-refractivity contribution in [3.63, 3.8) is 0 Å². The van der Waals surface area contributed by atoms with E-state index in [0.717, 1.165) is 10.9 Å². The monoisotopic (exact) mass is 253 g/mol. The summed E-state index contributed by atoms with van der Waals surface area (Å²) in [4.78, 5) is 14.6. The van der Waals surface area contributed by atoms with E-state index >= 15 is 0 Å². The molecule has 4 nitrogen and oxygen atoms in total. The van der Waals surface area contributed by atoms with Gasteiger partial charge in [-0.15, -0.1) is 0 Å². The van der Waals surface area contributed by atoms with Gasteiger partial charge in [-0.05, 0) is 23.6 Å². The number of carbonyl (C=O) groups is 1. The number of H-pyrrole nitrogens is 1. The Morgan fingerprint density at radius 2 is 2.17 bits per heavy atom. The Balaban J connectivity index is 2.08. The number of carbonyl (C=O) groups excluding carboxylic acids is 1. The average Bonchev–Trinajstić information content (AvgIpc) is 2.83. The summed E-state index contributed by atoms with van der Waals surface area (Å²) in [6.45, 7) is -1.55. The lowest BCUT2D eigenvalue weighted by molar-refractivity contribution is 0.0118. The number of benzene rings is 1. The number of aromatic nitrogens is 1. The van der Waals surface area contributed by atoms with Crippen LogP contribution in [0, 0.1) is 0 Å². The van der Waals surface area contributed by atoms with Gasteiger partial charge in [0.15, 0.2) is 0 Å². The summed E-state index contributed by atoms with van der Waals surface area (Å²) in [5.41, 5.74) is 6.00. The van der Waals surface area contributed by atoms with Crippen molar-refractivity contribution in [3.05, 3.63) is 36.0 Å². The molecule has 0 unspecified atom stereocenters. The zero-order valence-electron chi connectivity index (χ0n) is 9.54. The molecule has 1 amide bonds. The predicted octanol–water partition coefficient (Wildman–Crippen LogP) is 1.49. The van der Waals surface area contributed by atoms with Gasteiger partial charge in [0.25, 0.3) is 11.8 Å². The number of aromatic amines is 1. The quantitative estimate of drug-likeness (QED) is 0.772. The lowest BCUT2D eigenvalue weighted by Crippen LogP contribution is -2.41. The smallest absolute Gasteiger partial charge is 0.277 e. The van der Waals surface area contributed by atoms with Crippen molar-refractivity contribution in [2.24, 2.45) is 5.73 Å². The standard InChI is InChI=1S/C12H13F2N3O/c13-12(14,6-15)7-17-11(18)9-2-1-8-3-4-16-10(8)5-9/h1-5,16H,6-7,15H2,(H,17,18). The van der Waals surface area contributed by atoms with Gasteiger partial charge in [-0.25, -0.2) is 8.78 Å². The molecule has 6 heteroatoms. The zero-order valence-corrected chi connectivity index (χ0v) is 9.54. The highest BCUT2D eigenvalue weighted by Crippen LogP contribution is 2.14. The molecule has 0 aliphatic heterocycles. The molecule has 0 saturated heterocycles. The van der Waals surface area contributed by atoms with Crippen LogP contribution in [-0.2, 0) is 0 Å². The Hall–Kier alpha value is -1.95. The fourth-order valence-electron chi connectivity index (χ4n) is 1.57. The maximum atomic E-state index is 12.9. The molecule has 0 bridgehead atoms. The molecule has 96 valence electrons. The third-order valence-corrected chi connectivity index (χ3v) is 2.62. The third-order valence-electron chi connectivity index (χ3n) is 2.62. The predicted molar refractivity (Wildman–Crippen MR) is 64.6 cm³/mol. The van der Waals surface area contributed by atoms with Crippen LogP contribution in [0.3, 0.4) is 0 Å². The molecule has 2 aromatic rings. The lowest BCUT2D eigenvalue weighted by Gasteiger charge is -2.14. The molecule has 0 spiro atoms. The van der Waals surface area contributed by atoms with Crippen LogP contribution >= 0.6 is 0 Å². The first-order valence-electron chi connectivity index (χ1n) is 5.45. The second kappa shape index (κ2) is 4.73. The first kappa shape index (κ1) is 12.5. The molecule has 0 fully saturated rings. The van der Waals surface area contributed by atoms with Gasteiger partial charge < -0.3 is 16.0 Å². The summed E-state index contributed by atoms with van der Waals surface area (Å²) in [5, 5.41) is 3.12. The minimum absolute atomic E-state index is 0.331. The van der Waals surface area contributed by atoms with E-state index < -0.39 is 24.9 Å². The van der Waals surface area contributed by atoms with Crippen LogP contribution in [-0.4, -0.2) is 29.9 Å². The van der Waals surface area contributed by atoms with Gasteiger partial charge in [-0.3, -0.25) is 4.79 Å². The number of hydrogen-bond donors (Lipinski definition) is 3. The highest BCUT2D eigenvalue weighted by molar-refractivity contribution is 5.97. The van der Waals surface area contributed by atoms with Crippen molar-refractivity contribution in [1.82, 2.24) is 10.3 Å². The maximum absolute atomic E-state index is 12.9. The molecular weight excluding hydrogens is 240 g/mol. The molecule has 1 heterocycles. The number of rotatable bonds is 4. The molecule has 4 N–H and O–H groups in total. The van der Waals surface area contributed by atoms with Gasteiger partial charge in [0.05, 0.1) is 13.1 Å². The summed E-state index contributed by atoms with van der Waals surface area (Å²) < 4.78 is 25.8. The van der Waals surface area contributed by atoms with Crippen molar-refractivity contribution < 1.29 is 13.6 Å². The molecule has 0 aliphatic rings. The number of hydrogen-bond acceptors (Lipinski definition) is 2. The van der Waals surface area contributed by atoms with Gasteiger partial charge in [0.2, 0.25) is 0 Å². The van der Waals surface area contributed by atoms with Gasteiger partial charge in [-0.2, -0.15) is 0 Å². The first-order chi connectivity index (χ1) is 8.52. The van der Waals surface area contributed by atoms with Crippen LogP contribution in [0.5, 0.6) is 0 Å². The molecule has 2 rings (SSSR count). The summed E-state index contributed by atoms with van der Waals surface area (Å²) >= 11 is 0. The van der Waals surface area contributed by atoms with E-state index in [1.165, 1.54) is 0 Å². The molecule has 0 radical (unpaired) electrons. The Morgan fingerprint density at radius 1 is 1.39 bits per heavy atom. The highest BCUT2D eigenvalue weighted by atomic mass is 19.3. The number of fused-ring (bicyclic) bond motifs is 1. The molecular formula is C12H13F2N3O. The highest BCUT2D eigenvalue weighted by Gasteiger charge is 2.27. The van der Waals surface area contributed by atoms with E-state index in [0.29, 0.717) is 5.56 Å². The van der Waals surface area contributed by atoms with E-state index in [9.17, 15) is 13.6 Å². The minimum Gasteiger partial charge on any atom is -0.361 e. The number of amides is 1. The molecule has 0 aliphatic carbocycles. The van der Waals surface area contributed by atoms with Crippen molar-refractivity contribution in [3.8, 4) is 0 Å². The van der Waals surface area contributed by atoms with Crippen LogP contribution in [0.25, 0.3) is 10.9 Å². The molecule has 1 aromatic heterocycles. The zero-order chi connectivity index (χ0) is 13.2. The second-order valence-corrected chi connectivity index (χ2v) is 4.02. The van der Waals surface area contributed by atoms with Crippen molar-refractivity contribution in [2.75, 3.05) is 13.1 Å². The van der Waals surface area contributed by atoms with Gasteiger partial charge >= 0.3 is 0 Å². The Morgan fingerprint density at radius 3 is 2.89 bits per heavy atom. The second-order valence-electron chi connectivity index (χ2n) is 4.02. The first-order valence-corrected chi connectivity index (χ1v) is 5.45. The normalized spacial score (nSPS) is 11.7. The van der Waals surface area contributed by atoms with Crippen LogP contribution in [0.4, 0.5) is 8.78 Å². The van der Waals surface area contributed by atoms with Gasteiger partial charge in [0.1, 0.15) is 0 Å². The fraction of sp³-hybridized carbons (Fsp3) is 0.250. The van der Waals surface area contributed by atoms with Crippen LogP contribution < -0.4 is 11.1 Å². The Labute approximate surface area is 102 Å². The Kier molecular flexibility index (Phi) is 3.29. The summed E-state index contributed by atoms with van der Waals surface area (Å²) in [5.74, 6) is -3.62. The molecule has 18 heavy (non-hydrogen) atoms. The lowest BCUT2D eigenvalue weighted by atomic mass is 10.1. The van der Waals surface area contributed by atoms with Gasteiger partial charge in [-0.1, -0.05) is 6.07 Å². The van der Waals surface area contributed by atoms with E-state index in [1.54, 1.807) is 24.4 Å². The van der Waals surface area contributed by atoms with E-state index in [4.69, 9.17) is 5.73 Å². The third kappa shape index (κ3) is 2.65. The van der Waals surface area contributed by atoms with E-state index in [-0.39, 0.29) is 0 Å². The molecule has 1 aromatic carbocycles. The summed E-state index contributed by atoms with van der Waals surface area (Å²) in [7, 11) is 0. The van der Waals surface area contributed by atoms with Crippen LogP contribution in [0.2, 0.25) is 0 Å². The number of halogens is 2. The topological polar surface area (TPSA) is 70.9 Å². The van der Waals surface area contributed by atoms with Crippen LogP contribution in [0.15, 0.2) is 30.5 Å². The fourth-order valence-corrected chi connectivity index (χ4v) is 1.57. The SMILES string of the molecule is NCC(F)(F)CNC(=O)c1ccc2cc[nH]c2c1. The summed E-state index contributed by atoms with van der Waals surface area (Å²) in [6, 6.07) is 6.82. The van der Waals surface area contributed by atoms with Crippen molar-refractivity contribution >= 4 is 16.8 Å². The van der Waals surface area contributed by atoms with E-state index in [1.807, 2.05) is 6.07 Å². The summed E-state index contributed by atoms with van der Waals surface area (Å²) in [6.07, 6.45) is 1.74. The molecule has 0 saturated carbocycles. The maximum Gasteiger partial charge on any atom is 0.277 e. The largest absolute Gasteiger partial charge is 0.361 e. The van der Waals surface area contributed by atoms with Crippen molar-refractivity contribution in [2.45, 2.75) is 5.92 Å². The van der Waals surface area contributed by atoms with Crippen LogP contribution in [0.1, 0.15) is 10.4 Å². The molecule has 0 atom stereocenters. The van der Waals surface area contributed by atoms with E-state index in [2.05, 4.69) is 10.3 Å². The van der Waals surface area contributed by atoms with Crippen molar-refractivity contribution in [1.29, 1.82) is 0 Å². The minimum atomic E-state index is -3.08. The average molecular weight is 253 g/mol. The van der Waals surface area contributed by atoms with Gasteiger partial charge in [0, 0.05) is 17.3 Å².